The number of carbonyl (C=O) groups excluding carboxylic acids is 1. The van der Waals surface area contributed by atoms with Gasteiger partial charge in [-0.2, -0.15) is 0 Å². The van der Waals surface area contributed by atoms with Crippen molar-refractivity contribution in [2.24, 2.45) is 0 Å². The van der Waals surface area contributed by atoms with Gasteiger partial charge in [-0.3, -0.25) is 4.79 Å². The summed E-state index contributed by atoms with van der Waals surface area (Å²) in [5.41, 5.74) is -0.891. The fourth-order valence-corrected chi connectivity index (χ4v) is 2.29. The lowest BCUT2D eigenvalue weighted by atomic mass is 9.94. The third-order valence-electron chi connectivity index (χ3n) is 3.52. The van der Waals surface area contributed by atoms with Crippen LogP contribution in [0.5, 0.6) is 5.75 Å². The molecule has 1 unspecified atom stereocenters. The maximum absolute atomic E-state index is 12.0. The largest absolute Gasteiger partial charge is 0.479 e. The molecular weight excluding hydrogens is 294 g/mol. The van der Waals surface area contributed by atoms with E-state index in [2.05, 4.69) is 5.32 Å². The van der Waals surface area contributed by atoms with Crippen molar-refractivity contribution in [3.63, 3.8) is 0 Å². The third kappa shape index (κ3) is 4.59. The van der Waals surface area contributed by atoms with Gasteiger partial charge in [-0.15, -0.1) is 0 Å². The van der Waals surface area contributed by atoms with E-state index < -0.39 is 11.7 Å². The lowest BCUT2D eigenvalue weighted by molar-refractivity contribution is -0.129. The van der Waals surface area contributed by atoms with Crippen LogP contribution in [0.15, 0.2) is 24.3 Å². The first-order valence-corrected chi connectivity index (χ1v) is 7.37. The quantitative estimate of drug-likeness (QED) is 0.869. The normalized spacial score (nSPS) is 18.8. The van der Waals surface area contributed by atoms with Crippen LogP contribution in [0.1, 0.15) is 19.8 Å². The molecule has 6 heteroatoms. The number of ether oxygens (including phenoxy) is 2. The van der Waals surface area contributed by atoms with E-state index in [9.17, 15) is 9.90 Å². The molecular formula is C15H20ClNO4. The molecule has 1 heterocycles. The molecule has 1 aromatic carbocycles. The molecule has 0 aliphatic carbocycles. The molecule has 0 aromatic heterocycles. The molecule has 0 saturated carbocycles. The second-order valence-electron chi connectivity index (χ2n) is 5.25. The summed E-state index contributed by atoms with van der Waals surface area (Å²) in [6.07, 6.45) is 0.355. The Bertz CT molecular complexity index is 488. The molecule has 1 fully saturated rings. The summed E-state index contributed by atoms with van der Waals surface area (Å²) in [7, 11) is 0. The first kappa shape index (κ1) is 16.1. The van der Waals surface area contributed by atoms with Gasteiger partial charge in [-0.25, -0.2) is 0 Å². The van der Waals surface area contributed by atoms with Gasteiger partial charge >= 0.3 is 0 Å². The zero-order valence-electron chi connectivity index (χ0n) is 12.0. The highest BCUT2D eigenvalue weighted by atomic mass is 35.5. The van der Waals surface area contributed by atoms with Crippen molar-refractivity contribution < 1.29 is 19.4 Å². The fraction of sp³-hybridized carbons (Fsp3) is 0.533. The number of rotatable bonds is 5. The van der Waals surface area contributed by atoms with Gasteiger partial charge in [0, 0.05) is 32.6 Å². The number of hydrogen-bond donors (Lipinski definition) is 2. The Morgan fingerprint density at radius 3 is 2.81 bits per heavy atom. The Kier molecular flexibility index (Phi) is 5.45. The predicted octanol–water partition coefficient (Wildman–Crippen LogP) is 1.76. The zero-order valence-corrected chi connectivity index (χ0v) is 12.7. The minimum atomic E-state index is -0.891. The number of hydrogen-bond acceptors (Lipinski definition) is 4. The fourth-order valence-electron chi connectivity index (χ4n) is 2.11. The SMILES string of the molecule is CC(Oc1ccccc1Cl)C(=O)NCC1(O)CCOCC1. The van der Waals surface area contributed by atoms with Gasteiger partial charge in [0.05, 0.1) is 10.6 Å². The van der Waals surface area contributed by atoms with Gasteiger partial charge in [-0.1, -0.05) is 23.7 Å². The topological polar surface area (TPSA) is 67.8 Å². The molecule has 2 N–H and O–H groups in total. The Morgan fingerprint density at radius 2 is 2.14 bits per heavy atom. The summed E-state index contributed by atoms with van der Waals surface area (Å²) in [5, 5.41) is 13.5. The van der Waals surface area contributed by atoms with Crippen LogP contribution < -0.4 is 10.1 Å². The van der Waals surface area contributed by atoms with Crippen molar-refractivity contribution >= 4 is 17.5 Å². The van der Waals surface area contributed by atoms with Gasteiger partial charge < -0.3 is 19.9 Å². The highest BCUT2D eigenvalue weighted by Crippen LogP contribution is 2.24. The van der Waals surface area contributed by atoms with Crippen molar-refractivity contribution in [3.05, 3.63) is 29.3 Å². The first-order chi connectivity index (χ1) is 10.0. The van der Waals surface area contributed by atoms with Gasteiger partial charge in [0.2, 0.25) is 0 Å². The van der Waals surface area contributed by atoms with E-state index in [0.717, 1.165) is 0 Å². The summed E-state index contributed by atoms with van der Waals surface area (Å²) < 4.78 is 10.7. The van der Waals surface area contributed by atoms with E-state index in [1.807, 2.05) is 0 Å². The first-order valence-electron chi connectivity index (χ1n) is 6.99. The summed E-state index contributed by atoms with van der Waals surface area (Å²) in [4.78, 5) is 12.0. The number of nitrogens with one attached hydrogen (secondary N) is 1. The van der Waals surface area contributed by atoms with Crippen LogP contribution in [0, 0.1) is 0 Å². The Hall–Kier alpha value is -1.30. The zero-order chi connectivity index (χ0) is 15.3. The number of aliphatic hydroxyl groups is 1. The highest BCUT2D eigenvalue weighted by Gasteiger charge is 2.30. The monoisotopic (exact) mass is 313 g/mol. The van der Waals surface area contributed by atoms with Gasteiger partial charge in [0.1, 0.15) is 5.75 Å². The second kappa shape index (κ2) is 7.11. The van der Waals surface area contributed by atoms with Gasteiger partial charge in [-0.05, 0) is 19.1 Å². The molecule has 21 heavy (non-hydrogen) atoms. The number of amides is 1. The summed E-state index contributed by atoms with van der Waals surface area (Å²) in [6.45, 7) is 2.87. The molecule has 1 aliphatic heterocycles. The van der Waals surface area contributed by atoms with Gasteiger partial charge in [0.25, 0.3) is 5.91 Å². The molecule has 1 atom stereocenters. The Morgan fingerprint density at radius 1 is 1.48 bits per heavy atom. The summed E-state index contributed by atoms with van der Waals surface area (Å²) in [6, 6.07) is 6.99. The number of benzene rings is 1. The smallest absolute Gasteiger partial charge is 0.260 e. The standard InChI is InChI=1S/C15H20ClNO4/c1-11(21-13-5-3-2-4-12(13)16)14(18)17-10-15(19)6-8-20-9-7-15/h2-5,11,19H,6-10H2,1H3,(H,17,18). The maximum atomic E-state index is 12.0. The Balaban J connectivity index is 1.84. The van der Waals surface area contributed by atoms with Gasteiger partial charge in [0.15, 0.2) is 6.10 Å². The second-order valence-corrected chi connectivity index (χ2v) is 5.65. The average molecular weight is 314 g/mol. The molecule has 0 spiro atoms. The molecule has 5 nitrogen and oxygen atoms in total. The molecule has 1 aromatic rings. The van der Waals surface area contributed by atoms with Crippen molar-refractivity contribution in [2.45, 2.75) is 31.5 Å². The summed E-state index contributed by atoms with van der Waals surface area (Å²) >= 11 is 5.98. The Labute approximate surface area is 129 Å². The van der Waals surface area contributed by atoms with Crippen LogP contribution in [-0.2, 0) is 9.53 Å². The lowest BCUT2D eigenvalue weighted by Gasteiger charge is -2.32. The highest BCUT2D eigenvalue weighted by molar-refractivity contribution is 6.32. The van der Waals surface area contributed by atoms with Crippen molar-refractivity contribution in [3.8, 4) is 5.75 Å². The molecule has 1 aliphatic rings. The van der Waals surface area contributed by atoms with Crippen LogP contribution in [-0.4, -0.2) is 42.5 Å². The minimum Gasteiger partial charge on any atom is -0.479 e. The van der Waals surface area contributed by atoms with E-state index in [1.165, 1.54) is 0 Å². The maximum Gasteiger partial charge on any atom is 0.260 e. The van der Waals surface area contributed by atoms with E-state index >= 15 is 0 Å². The minimum absolute atomic E-state index is 0.200. The number of para-hydroxylation sites is 1. The van der Waals surface area contributed by atoms with Crippen molar-refractivity contribution in [1.29, 1.82) is 0 Å². The van der Waals surface area contributed by atoms with E-state index in [0.29, 0.717) is 36.8 Å². The lowest BCUT2D eigenvalue weighted by Crippen LogP contribution is -2.49. The molecule has 1 amide bonds. The molecule has 0 bridgehead atoms. The number of carbonyl (C=O) groups is 1. The predicted molar refractivity (Wildman–Crippen MR) is 79.6 cm³/mol. The van der Waals surface area contributed by atoms with E-state index in [1.54, 1.807) is 31.2 Å². The van der Waals surface area contributed by atoms with E-state index in [4.69, 9.17) is 21.1 Å². The molecule has 2 rings (SSSR count). The molecule has 1 saturated heterocycles. The average Bonchev–Trinajstić information content (AvgIpc) is 2.48. The summed E-state index contributed by atoms with van der Waals surface area (Å²) in [5.74, 6) is 0.182. The van der Waals surface area contributed by atoms with Crippen LogP contribution in [0.2, 0.25) is 5.02 Å². The van der Waals surface area contributed by atoms with E-state index in [-0.39, 0.29) is 12.5 Å². The molecule has 0 radical (unpaired) electrons. The molecule has 116 valence electrons. The van der Waals surface area contributed by atoms with Crippen molar-refractivity contribution in [1.82, 2.24) is 5.32 Å². The van der Waals surface area contributed by atoms with Crippen LogP contribution in [0.3, 0.4) is 0 Å². The van der Waals surface area contributed by atoms with Crippen LogP contribution in [0.4, 0.5) is 0 Å². The third-order valence-corrected chi connectivity index (χ3v) is 3.84. The number of halogens is 1. The van der Waals surface area contributed by atoms with Crippen molar-refractivity contribution in [2.75, 3.05) is 19.8 Å². The van der Waals surface area contributed by atoms with Crippen LogP contribution in [0.25, 0.3) is 0 Å². The van der Waals surface area contributed by atoms with Crippen LogP contribution >= 0.6 is 11.6 Å².